The number of anilines is 1. The molecule has 6 nitrogen and oxygen atoms in total. The molecule has 1 aromatic rings. The number of rotatable bonds is 2. The Morgan fingerprint density at radius 2 is 2.00 bits per heavy atom. The highest BCUT2D eigenvalue weighted by molar-refractivity contribution is 6.29. The normalized spacial score (nSPS) is 21.8. The molecule has 24 heavy (non-hydrogen) atoms. The first-order valence-corrected chi connectivity index (χ1v) is 8.90. The highest BCUT2D eigenvalue weighted by Gasteiger charge is 2.32. The second-order valence-corrected chi connectivity index (χ2v) is 8.04. The van der Waals surface area contributed by atoms with Crippen molar-refractivity contribution in [1.82, 2.24) is 14.9 Å². The van der Waals surface area contributed by atoms with E-state index in [1.165, 1.54) is 0 Å². The van der Waals surface area contributed by atoms with E-state index in [-0.39, 0.29) is 12.1 Å². The molecule has 1 saturated heterocycles. The number of carbonyl (C=O) groups is 1. The zero-order chi connectivity index (χ0) is 17.5. The van der Waals surface area contributed by atoms with E-state index in [1.54, 1.807) is 4.90 Å². The Morgan fingerprint density at radius 1 is 1.29 bits per heavy atom. The molecule has 1 unspecified atom stereocenters. The number of carbonyl (C=O) groups excluding carboxylic acids is 1. The Kier molecular flexibility index (Phi) is 4.60. The molecule has 3 rings (SSSR count). The van der Waals surface area contributed by atoms with Crippen LogP contribution in [0.3, 0.4) is 0 Å². The van der Waals surface area contributed by atoms with Gasteiger partial charge in [0.2, 0.25) is 0 Å². The third-order valence-electron chi connectivity index (χ3n) is 4.22. The third kappa shape index (κ3) is 4.09. The highest BCUT2D eigenvalue weighted by atomic mass is 35.5. The Hall–Kier alpha value is -1.56. The van der Waals surface area contributed by atoms with E-state index in [0.29, 0.717) is 30.7 Å². The quantitative estimate of drug-likeness (QED) is 0.763. The van der Waals surface area contributed by atoms with Crippen LogP contribution in [0, 0.1) is 0 Å². The van der Waals surface area contributed by atoms with Crippen molar-refractivity contribution in [2.75, 3.05) is 24.5 Å². The van der Waals surface area contributed by atoms with E-state index < -0.39 is 5.60 Å². The summed E-state index contributed by atoms with van der Waals surface area (Å²) in [5.41, 5.74) is -0.479. The minimum atomic E-state index is -0.479. The lowest BCUT2D eigenvalue weighted by atomic mass is 10.2. The van der Waals surface area contributed by atoms with Crippen LogP contribution in [0.1, 0.15) is 52.3 Å². The fourth-order valence-electron chi connectivity index (χ4n) is 2.87. The van der Waals surface area contributed by atoms with Crippen molar-refractivity contribution in [3.05, 3.63) is 17.0 Å². The number of aromatic nitrogens is 2. The van der Waals surface area contributed by atoms with Crippen molar-refractivity contribution >= 4 is 23.5 Å². The summed E-state index contributed by atoms with van der Waals surface area (Å²) in [5, 5.41) is 0.490. The lowest BCUT2D eigenvalue weighted by Gasteiger charge is -2.40. The van der Waals surface area contributed by atoms with Gasteiger partial charge in [0.1, 0.15) is 22.4 Å². The SMILES string of the molecule is CC1CN(c2cc(Cl)nc(C3CC3)n2)CCN1C(=O)OC(C)(C)C. The number of ether oxygens (including phenoxy) is 1. The zero-order valence-electron chi connectivity index (χ0n) is 14.8. The lowest BCUT2D eigenvalue weighted by Crippen LogP contribution is -2.55. The van der Waals surface area contributed by atoms with Gasteiger partial charge in [0, 0.05) is 37.7 Å². The van der Waals surface area contributed by atoms with Crippen molar-refractivity contribution < 1.29 is 9.53 Å². The van der Waals surface area contributed by atoms with E-state index >= 15 is 0 Å². The third-order valence-corrected chi connectivity index (χ3v) is 4.41. The standard InChI is InChI=1S/C17H25ClN4O2/c1-11-10-21(7-8-22(11)16(23)24-17(2,3)4)14-9-13(18)19-15(20-14)12-5-6-12/h9,11-12H,5-8,10H2,1-4H3. The van der Waals surface area contributed by atoms with Gasteiger partial charge < -0.3 is 14.5 Å². The molecule has 132 valence electrons. The molecule has 2 heterocycles. The second kappa shape index (κ2) is 6.39. The molecule has 1 saturated carbocycles. The monoisotopic (exact) mass is 352 g/mol. The smallest absolute Gasteiger partial charge is 0.410 e. The predicted molar refractivity (Wildman–Crippen MR) is 93.6 cm³/mol. The summed E-state index contributed by atoms with van der Waals surface area (Å²) in [7, 11) is 0. The molecule has 1 atom stereocenters. The van der Waals surface area contributed by atoms with Crippen LogP contribution < -0.4 is 4.90 Å². The van der Waals surface area contributed by atoms with Crippen molar-refractivity contribution in [3.8, 4) is 0 Å². The van der Waals surface area contributed by atoms with Gasteiger partial charge in [-0.25, -0.2) is 14.8 Å². The summed E-state index contributed by atoms with van der Waals surface area (Å²) in [6, 6.07) is 1.86. The predicted octanol–water partition coefficient (Wildman–Crippen LogP) is 3.45. The van der Waals surface area contributed by atoms with E-state index in [9.17, 15) is 4.79 Å². The molecule has 1 aliphatic carbocycles. The molecule has 1 aromatic heterocycles. The van der Waals surface area contributed by atoms with E-state index in [2.05, 4.69) is 14.9 Å². The summed E-state index contributed by atoms with van der Waals surface area (Å²) >= 11 is 6.17. The zero-order valence-corrected chi connectivity index (χ0v) is 15.5. The van der Waals surface area contributed by atoms with Crippen molar-refractivity contribution in [2.24, 2.45) is 0 Å². The molecule has 1 aliphatic heterocycles. The van der Waals surface area contributed by atoms with Gasteiger partial charge >= 0.3 is 6.09 Å². The van der Waals surface area contributed by atoms with Crippen LogP contribution in [0.25, 0.3) is 0 Å². The molecule has 0 radical (unpaired) electrons. The van der Waals surface area contributed by atoms with Crippen molar-refractivity contribution in [1.29, 1.82) is 0 Å². The molecule has 0 N–H and O–H groups in total. The summed E-state index contributed by atoms with van der Waals surface area (Å²) in [6.45, 7) is 9.70. The summed E-state index contributed by atoms with van der Waals surface area (Å²) in [4.78, 5) is 25.3. The summed E-state index contributed by atoms with van der Waals surface area (Å²) < 4.78 is 5.49. The van der Waals surface area contributed by atoms with Gasteiger partial charge in [0.25, 0.3) is 0 Å². The van der Waals surface area contributed by atoms with E-state index in [0.717, 1.165) is 24.5 Å². The fraction of sp³-hybridized carbons (Fsp3) is 0.706. The van der Waals surface area contributed by atoms with E-state index in [4.69, 9.17) is 16.3 Å². The Bertz CT molecular complexity index is 628. The highest BCUT2D eigenvalue weighted by Crippen LogP contribution is 2.39. The minimum Gasteiger partial charge on any atom is -0.444 e. The maximum absolute atomic E-state index is 12.3. The second-order valence-electron chi connectivity index (χ2n) is 7.65. The molecule has 2 aliphatic rings. The topological polar surface area (TPSA) is 58.6 Å². The molecular formula is C17H25ClN4O2. The number of halogens is 1. The average Bonchev–Trinajstić information content (AvgIpc) is 3.29. The number of nitrogens with zero attached hydrogens (tertiary/aromatic N) is 4. The van der Waals surface area contributed by atoms with E-state index in [1.807, 2.05) is 33.8 Å². The number of hydrogen-bond acceptors (Lipinski definition) is 5. The Balaban J connectivity index is 1.68. The molecular weight excluding hydrogens is 328 g/mol. The fourth-order valence-corrected chi connectivity index (χ4v) is 3.05. The van der Waals surface area contributed by atoms with Crippen LogP contribution in [-0.2, 0) is 4.74 Å². The van der Waals surface area contributed by atoms with Crippen LogP contribution in [0.15, 0.2) is 6.07 Å². The molecule has 0 aromatic carbocycles. The van der Waals surface area contributed by atoms with Crippen LogP contribution in [-0.4, -0.2) is 52.2 Å². The van der Waals surface area contributed by atoms with Crippen LogP contribution >= 0.6 is 11.6 Å². The van der Waals surface area contributed by atoms with Crippen molar-refractivity contribution in [3.63, 3.8) is 0 Å². The van der Waals surface area contributed by atoms with Crippen LogP contribution in [0.5, 0.6) is 0 Å². The van der Waals surface area contributed by atoms with Gasteiger partial charge in [-0.05, 0) is 40.5 Å². The molecule has 0 bridgehead atoms. The van der Waals surface area contributed by atoms with Gasteiger partial charge in [-0.1, -0.05) is 11.6 Å². The first-order chi connectivity index (χ1) is 11.2. The first kappa shape index (κ1) is 17.3. The van der Waals surface area contributed by atoms with Crippen molar-refractivity contribution in [2.45, 2.75) is 58.1 Å². The first-order valence-electron chi connectivity index (χ1n) is 8.52. The van der Waals surface area contributed by atoms with Gasteiger partial charge in [-0.15, -0.1) is 0 Å². The van der Waals surface area contributed by atoms with Gasteiger partial charge in [0.15, 0.2) is 0 Å². The van der Waals surface area contributed by atoms with Crippen LogP contribution in [0.2, 0.25) is 5.15 Å². The number of amides is 1. The molecule has 1 amide bonds. The summed E-state index contributed by atoms with van der Waals surface area (Å²) in [5.74, 6) is 2.16. The average molecular weight is 353 g/mol. The van der Waals surface area contributed by atoms with Gasteiger partial charge in [-0.2, -0.15) is 0 Å². The maximum Gasteiger partial charge on any atom is 0.410 e. The number of piperazine rings is 1. The molecule has 7 heteroatoms. The lowest BCUT2D eigenvalue weighted by molar-refractivity contribution is 0.0158. The van der Waals surface area contributed by atoms with Crippen LogP contribution in [0.4, 0.5) is 10.6 Å². The van der Waals surface area contributed by atoms with Gasteiger partial charge in [0.05, 0.1) is 0 Å². The maximum atomic E-state index is 12.3. The Labute approximate surface area is 148 Å². The minimum absolute atomic E-state index is 0.0479. The molecule has 2 fully saturated rings. The van der Waals surface area contributed by atoms with Gasteiger partial charge in [-0.3, -0.25) is 0 Å². The largest absolute Gasteiger partial charge is 0.444 e. The molecule has 0 spiro atoms. The number of hydrogen-bond donors (Lipinski definition) is 0. The Morgan fingerprint density at radius 3 is 2.58 bits per heavy atom. The summed E-state index contributed by atoms with van der Waals surface area (Å²) in [6.07, 6.45) is 2.03.